The van der Waals surface area contributed by atoms with Crippen LogP contribution >= 0.6 is 0 Å². The molecular formula is C21H21N3O3. The first-order valence-electron chi connectivity index (χ1n) is 8.52. The quantitative estimate of drug-likeness (QED) is 0.706. The van der Waals surface area contributed by atoms with Gasteiger partial charge in [0.1, 0.15) is 0 Å². The number of nitrogens with two attached hydrogens (primary N) is 1. The first-order chi connectivity index (χ1) is 12.9. The summed E-state index contributed by atoms with van der Waals surface area (Å²) in [6.45, 7) is 4.37. The minimum Gasteiger partial charge on any atom is -0.465 e. The molecule has 2 N–H and O–H groups in total. The number of hydrogen-bond donors (Lipinski definition) is 1. The van der Waals surface area contributed by atoms with Gasteiger partial charge in [0.15, 0.2) is 0 Å². The monoisotopic (exact) mass is 363 g/mol. The zero-order valence-electron chi connectivity index (χ0n) is 15.5. The molecule has 0 radical (unpaired) electrons. The Labute approximate surface area is 157 Å². The fourth-order valence-corrected chi connectivity index (χ4v) is 3.32. The van der Waals surface area contributed by atoms with E-state index in [4.69, 9.17) is 10.5 Å². The van der Waals surface area contributed by atoms with E-state index >= 15 is 0 Å². The Balaban J connectivity index is 2.11. The van der Waals surface area contributed by atoms with Gasteiger partial charge in [-0.2, -0.15) is 0 Å². The number of amides is 1. The third kappa shape index (κ3) is 3.46. The maximum absolute atomic E-state index is 12.2. The highest BCUT2D eigenvalue weighted by Crippen LogP contribution is 2.33. The lowest BCUT2D eigenvalue weighted by Crippen LogP contribution is -2.14. The van der Waals surface area contributed by atoms with Crippen LogP contribution in [0.2, 0.25) is 0 Å². The lowest BCUT2D eigenvalue weighted by atomic mass is 9.99. The second kappa shape index (κ2) is 7.45. The number of hydrogen-bond acceptors (Lipinski definition) is 4. The van der Waals surface area contributed by atoms with Gasteiger partial charge in [0.05, 0.1) is 30.5 Å². The van der Waals surface area contributed by atoms with Crippen LogP contribution in [0.3, 0.4) is 0 Å². The van der Waals surface area contributed by atoms with Crippen LogP contribution in [0.4, 0.5) is 0 Å². The number of aromatic nitrogens is 2. The molecule has 0 aliphatic heterocycles. The van der Waals surface area contributed by atoms with E-state index in [9.17, 15) is 9.59 Å². The third-order valence-electron chi connectivity index (χ3n) is 4.67. The van der Waals surface area contributed by atoms with Crippen LogP contribution in [0.15, 0.2) is 48.7 Å². The summed E-state index contributed by atoms with van der Waals surface area (Å²) in [7, 11) is 1.34. The number of rotatable bonds is 5. The number of benzene rings is 1. The molecule has 2 aromatic heterocycles. The summed E-state index contributed by atoms with van der Waals surface area (Å²) in [5, 5.41) is 0. The molecule has 0 aliphatic rings. The number of nitrogens with zero attached hydrogens (tertiary/aromatic N) is 2. The molecule has 1 aromatic carbocycles. The number of methoxy groups -OCH3 is 1. The molecule has 3 aromatic rings. The first kappa shape index (κ1) is 18.4. The van der Waals surface area contributed by atoms with E-state index in [1.165, 1.54) is 7.11 Å². The minimum atomic E-state index is -0.484. The van der Waals surface area contributed by atoms with Crippen molar-refractivity contribution in [3.63, 3.8) is 0 Å². The molecule has 3 rings (SSSR count). The lowest BCUT2D eigenvalue weighted by Gasteiger charge is -2.09. The summed E-state index contributed by atoms with van der Waals surface area (Å²) in [6, 6.07) is 12.7. The van der Waals surface area contributed by atoms with E-state index < -0.39 is 11.9 Å². The molecule has 0 saturated heterocycles. The fraction of sp³-hybridized carbons (Fsp3) is 0.190. The van der Waals surface area contributed by atoms with Gasteiger partial charge in [-0.15, -0.1) is 0 Å². The Hall–Kier alpha value is -3.41. The first-order valence-corrected chi connectivity index (χ1v) is 8.52. The average molecular weight is 363 g/mol. The van der Waals surface area contributed by atoms with E-state index in [2.05, 4.69) is 4.98 Å². The van der Waals surface area contributed by atoms with Crippen LogP contribution in [0.25, 0.3) is 11.1 Å². The van der Waals surface area contributed by atoms with E-state index in [0.29, 0.717) is 17.7 Å². The van der Waals surface area contributed by atoms with Crippen LogP contribution in [0.5, 0.6) is 0 Å². The topological polar surface area (TPSA) is 87.2 Å². The normalized spacial score (nSPS) is 10.6. The van der Waals surface area contributed by atoms with Gasteiger partial charge in [0.2, 0.25) is 0 Å². The van der Waals surface area contributed by atoms with Crippen molar-refractivity contribution in [3.8, 4) is 11.1 Å². The second-order valence-corrected chi connectivity index (χ2v) is 6.26. The van der Waals surface area contributed by atoms with Crippen molar-refractivity contribution in [1.29, 1.82) is 0 Å². The summed E-state index contributed by atoms with van der Waals surface area (Å²) in [6.07, 6.45) is 1.74. The lowest BCUT2D eigenvalue weighted by molar-refractivity contribution is 0.0600. The molecule has 0 atom stereocenters. The zero-order valence-corrected chi connectivity index (χ0v) is 15.5. The average Bonchev–Trinajstić information content (AvgIpc) is 2.93. The maximum Gasteiger partial charge on any atom is 0.337 e. The number of ether oxygens (including phenoxy) is 1. The Morgan fingerprint density at radius 2 is 1.78 bits per heavy atom. The largest absolute Gasteiger partial charge is 0.465 e. The van der Waals surface area contributed by atoms with Crippen LogP contribution in [-0.2, 0) is 11.3 Å². The fourth-order valence-electron chi connectivity index (χ4n) is 3.32. The highest BCUT2D eigenvalue weighted by atomic mass is 16.5. The van der Waals surface area contributed by atoms with E-state index in [-0.39, 0.29) is 0 Å². The summed E-state index contributed by atoms with van der Waals surface area (Å²) in [5.74, 6) is -0.889. The van der Waals surface area contributed by atoms with Gasteiger partial charge in [-0.25, -0.2) is 4.79 Å². The molecular weight excluding hydrogens is 342 g/mol. The van der Waals surface area contributed by atoms with E-state index in [1.54, 1.807) is 30.5 Å². The van der Waals surface area contributed by atoms with Gasteiger partial charge in [0.25, 0.3) is 5.91 Å². The Morgan fingerprint density at radius 1 is 1.07 bits per heavy atom. The predicted molar refractivity (Wildman–Crippen MR) is 103 cm³/mol. The van der Waals surface area contributed by atoms with Crippen molar-refractivity contribution >= 4 is 11.9 Å². The molecule has 6 heteroatoms. The molecule has 0 spiro atoms. The van der Waals surface area contributed by atoms with Crippen molar-refractivity contribution in [1.82, 2.24) is 9.55 Å². The molecule has 0 bridgehead atoms. The summed E-state index contributed by atoms with van der Waals surface area (Å²) in [5.41, 5.74) is 10.8. The minimum absolute atomic E-state index is 0.405. The molecule has 6 nitrogen and oxygen atoms in total. The Kier molecular flexibility index (Phi) is 5.07. The second-order valence-electron chi connectivity index (χ2n) is 6.26. The number of pyridine rings is 1. The third-order valence-corrected chi connectivity index (χ3v) is 4.67. The number of primary amides is 1. The molecule has 2 heterocycles. The van der Waals surface area contributed by atoms with E-state index in [1.807, 2.05) is 36.6 Å². The van der Waals surface area contributed by atoms with Crippen LogP contribution in [0.1, 0.15) is 37.8 Å². The van der Waals surface area contributed by atoms with Crippen molar-refractivity contribution in [2.45, 2.75) is 20.4 Å². The van der Waals surface area contributed by atoms with Gasteiger partial charge >= 0.3 is 5.97 Å². The molecule has 0 unspecified atom stereocenters. The highest BCUT2D eigenvalue weighted by Gasteiger charge is 2.23. The van der Waals surface area contributed by atoms with Crippen LogP contribution in [-0.4, -0.2) is 28.5 Å². The van der Waals surface area contributed by atoms with Gasteiger partial charge in [0, 0.05) is 23.1 Å². The Morgan fingerprint density at radius 3 is 2.33 bits per heavy atom. The van der Waals surface area contributed by atoms with Crippen molar-refractivity contribution in [3.05, 3.63) is 76.9 Å². The smallest absolute Gasteiger partial charge is 0.337 e. The Bertz CT molecular complexity index is 990. The number of carbonyl (C=O) groups is 2. The predicted octanol–water partition coefficient (Wildman–Crippen LogP) is 3.10. The highest BCUT2D eigenvalue weighted by molar-refractivity contribution is 6.02. The van der Waals surface area contributed by atoms with Gasteiger partial charge in [-0.1, -0.05) is 18.2 Å². The van der Waals surface area contributed by atoms with Gasteiger partial charge in [-0.3, -0.25) is 9.78 Å². The molecule has 0 fully saturated rings. The van der Waals surface area contributed by atoms with Crippen molar-refractivity contribution in [2.24, 2.45) is 5.73 Å². The zero-order chi connectivity index (χ0) is 19.6. The van der Waals surface area contributed by atoms with E-state index in [0.717, 1.165) is 28.2 Å². The molecule has 0 aliphatic carbocycles. The van der Waals surface area contributed by atoms with Crippen molar-refractivity contribution < 1.29 is 14.3 Å². The summed E-state index contributed by atoms with van der Waals surface area (Å²) < 4.78 is 6.77. The summed E-state index contributed by atoms with van der Waals surface area (Å²) >= 11 is 0. The van der Waals surface area contributed by atoms with Gasteiger partial charge < -0.3 is 15.0 Å². The van der Waals surface area contributed by atoms with Crippen LogP contribution < -0.4 is 5.73 Å². The maximum atomic E-state index is 12.2. The SMILES string of the molecule is COC(=O)c1ccc(-c2c(C(N)=O)c(C)n(Cc3ccccn3)c2C)cc1. The molecule has 138 valence electrons. The summed E-state index contributed by atoms with van der Waals surface area (Å²) in [4.78, 5) is 28.2. The molecule has 0 saturated carbocycles. The van der Waals surface area contributed by atoms with Gasteiger partial charge in [-0.05, 0) is 43.7 Å². The van der Waals surface area contributed by atoms with Crippen LogP contribution in [0, 0.1) is 13.8 Å². The number of esters is 1. The molecule has 27 heavy (non-hydrogen) atoms. The molecule has 1 amide bonds. The number of carbonyl (C=O) groups excluding carboxylic acids is 2. The van der Waals surface area contributed by atoms with Crippen molar-refractivity contribution in [2.75, 3.05) is 7.11 Å². The standard InChI is InChI=1S/C21H21N3O3/c1-13-18(15-7-9-16(10-8-15)21(26)27-3)19(20(22)25)14(2)24(13)12-17-6-4-5-11-23-17/h4-11H,12H2,1-3H3,(H2,22,25).